The molecule has 3 rings (SSSR count). The number of nitrogens with zero attached hydrogens (tertiary/aromatic N) is 2. The molecule has 128 valence electrons. The van der Waals surface area contributed by atoms with Gasteiger partial charge in [0.2, 0.25) is 0 Å². The van der Waals surface area contributed by atoms with Crippen LogP contribution in [0.5, 0.6) is 5.75 Å². The maximum atomic E-state index is 6.20. The Morgan fingerprint density at radius 3 is 2.84 bits per heavy atom. The minimum absolute atomic E-state index is 0.262. The molecule has 2 heterocycles. The molecule has 0 fully saturated rings. The Labute approximate surface area is 156 Å². The van der Waals surface area contributed by atoms with E-state index in [1.807, 2.05) is 35.7 Å². The summed E-state index contributed by atoms with van der Waals surface area (Å²) in [4.78, 5) is 4.59. The molecule has 0 aliphatic carbocycles. The first-order valence-corrected chi connectivity index (χ1v) is 8.40. The molecule has 0 unspecified atom stereocenters. The third kappa shape index (κ3) is 3.91. The standard InChI is InChI=1S/C19H16Cl2N2O2/c1-3-9-24-12-17-13(2)22-19-18(5-4-8-23(17)19)25-11-14-6-7-15(20)10-16(14)21/h1,4-8,10H,9,11-12H2,2H3. The highest BCUT2D eigenvalue weighted by atomic mass is 35.5. The van der Waals surface area contributed by atoms with Gasteiger partial charge in [-0.25, -0.2) is 4.98 Å². The van der Waals surface area contributed by atoms with Crippen molar-refractivity contribution in [1.29, 1.82) is 0 Å². The zero-order chi connectivity index (χ0) is 17.8. The smallest absolute Gasteiger partial charge is 0.180 e. The second kappa shape index (κ2) is 7.79. The van der Waals surface area contributed by atoms with Gasteiger partial charge in [0.05, 0.1) is 18.0 Å². The van der Waals surface area contributed by atoms with Crippen LogP contribution in [-0.4, -0.2) is 16.0 Å². The number of hydrogen-bond acceptors (Lipinski definition) is 3. The molecule has 0 aliphatic rings. The molecule has 3 aromatic rings. The highest BCUT2D eigenvalue weighted by molar-refractivity contribution is 6.35. The summed E-state index contributed by atoms with van der Waals surface area (Å²) in [6.07, 6.45) is 7.15. The normalized spacial score (nSPS) is 10.8. The van der Waals surface area contributed by atoms with Crippen molar-refractivity contribution in [1.82, 2.24) is 9.38 Å². The SMILES string of the molecule is C#CCOCc1c(C)nc2c(OCc3ccc(Cl)cc3Cl)cccn12. The molecular weight excluding hydrogens is 359 g/mol. The fraction of sp³-hybridized carbons (Fsp3) is 0.211. The monoisotopic (exact) mass is 374 g/mol. The van der Waals surface area contributed by atoms with Crippen LogP contribution in [0.25, 0.3) is 5.65 Å². The predicted octanol–water partition coefficient (Wildman–Crippen LogP) is 4.68. The number of ether oxygens (including phenoxy) is 2. The molecule has 4 nitrogen and oxygen atoms in total. The molecule has 2 aromatic heterocycles. The van der Waals surface area contributed by atoms with Crippen molar-refractivity contribution in [2.45, 2.75) is 20.1 Å². The van der Waals surface area contributed by atoms with Crippen molar-refractivity contribution in [3.8, 4) is 18.1 Å². The Hall–Kier alpha value is -2.19. The number of pyridine rings is 1. The third-order valence-electron chi connectivity index (χ3n) is 3.74. The average Bonchev–Trinajstić information content (AvgIpc) is 2.91. The number of rotatable bonds is 6. The van der Waals surface area contributed by atoms with Crippen LogP contribution >= 0.6 is 23.2 Å². The first kappa shape index (κ1) is 17.6. The molecule has 1 aromatic carbocycles. The largest absolute Gasteiger partial charge is 0.485 e. The van der Waals surface area contributed by atoms with E-state index in [0.29, 0.717) is 29.0 Å². The van der Waals surface area contributed by atoms with Crippen molar-refractivity contribution >= 4 is 28.8 Å². The van der Waals surface area contributed by atoms with Crippen LogP contribution in [0.15, 0.2) is 36.5 Å². The quantitative estimate of drug-likeness (QED) is 0.464. The van der Waals surface area contributed by atoms with Gasteiger partial charge in [0.15, 0.2) is 11.4 Å². The van der Waals surface area contributed by atoms with E-state index in [2.05, 4.69) is 10.9 Å². The van der Waals surface area contributed by atoms with Gasteiger partial charge in [-0.1, -0.05) is 35.2 Å². The summed E-state index contributed by atoms with van der Waals surface area (Å²) in [5, 5.41) is 1.17. The summed E-state index contributed by atoms with van der Waals surface area (Å²) < 4.78 is 13.3. The van der Waals surface area contributed by atoms with Crippen LogP contribution in [0.3, 0.4) is 0 Å². The minimum Gasteiger partial charge on any atom is -0.485 e. The fourth-order valence-electron chi connectivity index (χ4n) is 2.49. The highest BCUT2D eigenvalue weighted by Crippen LogP contribution is 2.26. The summed E-state index contributed by atoms with van der Waals surface area (Å²) in [5.41, 5.74) is 3.40. The second-order valence-corrected chi connectivity index (χ2v) is 6.27. The van der Waals surface area contributed by atoms with E-state index in [0.717, 1.165) is 22.6 Å². The lowest BCUT2D eigenvalue weighted by Crippen LogP contribution is -2.01. The molecule has 0 saturated carbocycles. The predicted molar refractivity (Wildman–Crippen MR) is 99.2 cm³/mol. The van der Waals surface area contributed by atoms with Crippen molar-refractivity contribution in [3.05, 3.63) is 63.5 Å². The van der Waals surface area contributed by atoms with Gasteiger partial charge >= 0.3 is 0 Å². The van der Waals surface area contributed by atoms with Crippen LogP contribution < -0.4 is 4.74 Å². The molecule has 6 heteroatoms. The summed E-state index contributed by atoms with van der Waals surface area (Å²) in [6, 6.07) is 9.10. The number of aryl methyl sites for hydroxylation is 1. The van der Waals surface area contributed by atoms with Gasteiger partial charge in [-0.3, -0.25) is 4.40 Å². The van der Waals surface area contributed by atoms with Crippen LogP contribution in [-0.2, 0) is 18.0 Å². The Balaban J connectivity index is 1.84. The van der Waals surface area contributed by atoms with Crippen LogP contribution in [0.4, 0.5) is 0 Å². The molecular formula is C19H16Cl2N2O2. The van der Waals surface area contributed by atoms with Gasteiger partial charge in [0, 0.05) is 21.8 Å². The van der Waals surface area contributed by atoms with E-state index in [4.69, 9.17) is 39.1 Å². The number of imidazole rings is 1. The molecule has 0 amide bonds. The van der Waals surface area contributed by atoms with E-state index >= 15 is 0 Å². The summed E-state index contributed by atoms with van der Waals surface area (Å²) in [7, 11) is 0. The highest BCUT2D eigenvalue weighted by Gasteiger charge is 2.13. The second-order valence-electron chi connectivity index (χ2n) is 5.43. The molecule has 0 saturated heterocycles. The number of benzene rings is 1. The van der Waals surface area contributed by atoms with Crippen molar-refractivity contribution in [2.75, 3.05) is 6.61 Å². The fourth-order valence-corrected chi connectivity index (χ4v) is 2.96. The van der Waals surface area contributed by atoms with Gasteiger partial charge in [0.25, 0.3) is 0 Å². The van der Waals surface area contributed by atoms with Crippen LogP contribution in [0.2, 0.25) is 10.0 Å². The molecule has 0 radical (unpaired) electrons. The first-order valence-electron chi connectivity index (χ1n) is 7.64. The number of fused-ring (bicyclic) bond motifs is 1. The van der Waals surface area contributed by atoms with E-state index in [1.54, 1.807) is 12.1 Å². The van der Waals surface area contributed by atoms with Crippen LogP contribution in [0.1, 0.15) is 17.0 Å². The maximum absolute atomic E-state index is 6.20. The Kier molecular flexibility index (Phi) is 5.50. The molecule has 0 aliphatic heterocycles. The number of aromatic nitrogens is 2. The summed E-state index contributed by atoms with van der Waals surface area (Å²) in [5.74, 6) is 3.12. The molecule has 0 atom stereocenters. The van der Waals surface area contributed by atoms with Gasteiger partial charge in [-0.2, -0.15) is 0 Å². The number of terminal acetylenes is 1. The van der Waals surface area contributed by atoms with Gasteiger partial charge in [-0.05, 0) is 31.2 Å². The topological polar surface area (TPSA) is 35.8 Å². The van der Waals surface area contributed by atoms with Crippen molar-refractivity contribution in [2.24, 2.45) is 0 Å². The van der Waals surface area contributed by atoms with Gasteiger partial charge in [0.1, 0.15) is 13.2 Å². The number of halogens is 2. The molecule has 25 heavy (non-hydrogen) atoms. The summed E-state index contributed by atoms with van der Waals surface area (Å²) >= 11 is 12.1. The number of hydrogen-bond donors (Lipinski definition) is 0. The van der Waals surface area contributed by atoms with E-state index in [-0.39, 0.29) is 6.61 Å². The third-order valence-corrected chi connectivity index (χ3v) is 4.32. The van der Waals surface area contributed by atoms with Crippen molar-refractivity contribution < 1.29 is 9.47 Å². The zero-order valence-corrected chi connectivity index (χ0v) is 15.1. The van der Waals surface area contributed by atoms with Gasteiger partial charge in [-0.15, -0.1) is 6.42 Å². The average molecular weight is 375 g/mol. The van der Waals surface area contributed by atoms with E-state index in [1.165, 1.54) is 0 Å². The molecule has 0 spiro atoms. The Morgan fingerprint density at radius 1 is 1.24 bits per heavy atom. The summed E-state index contributed by atoms with van der Waals surface area (Å²) in [6.45, 7) is 2.91. The molecule has 0 N–H and O–H groups in total. The lowest BCUT2D eigenvalue weighted by molar-refractivity contribution is 0.149. The molecule has 0 bridgehead atoms. The lowest BCUT2D eigenvalue weighted by Gasteiger charge is -2.09. The van der Waals surface area contributed by atoms with Gasteiger partial charge < -0.3 is 9.47 Å². The van der Waals surface area contributed by atoms with E-state index < -0.39 is 0 Å². The Morgan fingerprint density at radius 2 is 2.08 bits per heavy atom. The maximum Gasteiger partial charge on any atom is 0.180 e. The first-order chi connectivity index (χ1) is 12.1. The van der Waals surface area contributed by atoms with Crippen LogP contribution in [0, 0.1) is 19.3 Å². The zero-order valence-electron chi connectivity index (χ0n) is 13.6. The van der Waals surface area contributed by atoms with E-state index in [9.17, 15) is 0 Å². The van der Waals surface area contributed by atoms with Crippen molar-refractivity contribution in [3.63, 3.8) is 0 Å². The lowest BCUT2D eigenvalue weighted by atomic mass is 10.2. The Bertz CT molecular complexity index is 944. The minimum atomic E-state index is 0.262.